The zero-order valence-corrected chi connectivity index (χ0v) is 20.3. The minimum atomic E-state index is -0.433. The van der Waals surface area contributed by atoms with Crippen molar-refractivity contribution >= 4 is 41.0 Å². The van der Waals surface area contributed by atoms with Crippen molar-refractivity contribution in [3.8, 4) is 16.9 Å². The molecule has 0 saturated heterocycles. The van der Waals surface area contributed by atoms with Gasteiger partial charge < -0.3 is 14.1 Å². The molecule has 0 saturated carbocycles. The van der Waals surface area contributed by atoms with Crippen LogP contribution in [0.3, 0.4) is 0 Å². The van der Waals surface area contributed by atoms with Gasteiger partial charge in [0, 0.05) is 34.6 Å². The monoisotopic (exact) mass is 512 g/mol. The van der Waals surface area contributed by atoms with E-state index in [1.807, 2.05) is 18.2 Å². The maximum atomic E-state index is 13.0. The molecule has 0 spiro atoms. The van der Waals surface area contributed by atoms with Gasteiger partial charge in [-0.3, -0.25) is 19.5 Å². The second-order valence-corrected chi connectivity index (χ2v) is 8.49. The number of amides is 2. The number of carbonyl (C=O) groups excluding carboxylic acids is 2. The van der Waals surface area contributed by atoms with Crippen molar-refractivity contribution < 1.29 is 18.7 Å². The van der Waals surface area contributed by atoms with Crippen molar-refractivity contribution in [1.29, 1.82) is 0 Å². The molecule has 0 atom stereocenters. The van der Waals surface area contributed by atoms with E-state index in [-0.39, 0.29) is 31.6 Å². The number of benzene rings is 2. The van der Waals surface area contributed by atoms with Gasteiger partial charge in [-0.05, 0) is 42.5 Å². The van der Waals surface area contributed by atoms with E-state index in [0.29, 0.717) is 27.2 Å². The smallest absolute Gasteiger partial charge is 0.249 e. The van der Waals surface area contributed by atoms with Crippen LogP contribution in [-0.2, 0) is 20.9 Å². The molecule has 10 heteroatoms. The number of ether oxygens (including phenoxy) is 1. The third-order valence-electron chi connectivity index (χ3n) is 5.07. The summed E-state index contributed by atoms with van der Waals surface area (Å²) in [5, 5.41) is 3.96. The number of methoxy groups -OCH3 is 1. The molecular formula is C25H22Cl2N4O4. The van der Waals surface area contributed by atoms with Crippen molar-refractivity contribution in [2.45, 2.75) is 6.54 Å². The number of rotatable bonds is 9. The number of hydrogen-bond donors (Lipinski definition) is 1. The Bertz CT molecular complexity index is 1300. The number of anilines is 1. The van der Waals surface area contributed by atoms with Crippen molar-refractivity contribution in [2.24, 2.45) is 0 Å². The van der Waals surface area contributed by atoms with E-state index < -0.39 is 5.91 Å². The van der Waals surface area contributed by atoms with Crippen LogP contribution in [0.15, 0.2) is 77.5 Å². The van der Waals surface area contributed by atoms with Crippen molar-refractivity contribution in [2.75, 3.05) is 25.6 Å². The summed E-state index contributed by atoms with van der Waals surface area (Å²) >= 11 is 12.2. The van der Waals surface area contributed by atoms with E-state index >= 15 is 0 Å². The summed E-state index contributed by atoms with van der Waals surface area (Å²) in [6.07, 6.45) is 3.30. The Kier molecular flexibility index (Phi) is 7.87. The van der Waals surface area contributed by atoms with E-state index in [2.05, 4.69) is 10.3 Å². The standard InChI is InChI=1S/C25H22Cl2N4O4/c1-34-16-24(33)30(13-21-6-3-11-35-21)15-23(32)29-25-28-22(17-7-9-18(26)10-8-17)14-31(25)20-5-2-4-19(27)12-20/h2-12,14H,13,15-16H2,1H3,(H,28,29,32). The SMILES string of the molecule is COCC(=O)N(CC(=O)Nc1nc(-c2ccc(Cl)cc2)cn1-c1cccc(Cl)c1)Cc1ccco1. The van der Waals surface area contributed by atoms with Crippen LogP contribution in [0.4, 0.5) is 5.95 Å². The fourth-order valence-electron chi connectivity index (χ4n) is 3.43. The van der Waals surface area contributed by atoms with Crippen LogP contribution in [0.2, 0.25) is 10.0 Å². The van der Waals surface area contributed by atoms with Gasteiger partial charge in [0.05, 0.1) is 18.5 Å². The molecule has 8 nitrogen and oxygen atoms in total. The number of nitrogens with one attached hydrogen (secondary N) is 1. The van der Waals surface area contributed by atoms with Gasteiger partial charge in [-0.25, -0.2) is 4.98 Å². The zero-order chi connectivity index (χ0) is 24.8. The summed E-state index contributed by atoms with van der Waals surface area (Å²) < 4.78 is 12.0. The molecule has 0 radical (unpaired) electrons. The lowest BCUT2D eigenvalue weighted by atomic mass is 10.2. The van der Waals surface area contributed by atoms with Crippen LogP contribution in [-0.4, -0.2) is 46.5 Å². The molecule has 35 heavy (non-hydrogen) atoms. The average molecular weight is 513 g/mol. The molecule has 1 N–H and O–H groups in total. The van der Waals surface area contributed by atoms with E-state index in [4.69, 9.17) is 32.4 Å². The van der Waals surface area contributed by atoms with Crippen LogP contribution < -0.4 is 5.32 Å². The molecule has 4 aromatic rings. The highest BCUT2D eigenvalue weighted by atomic mass is 35.5. The molecule has 0 bridgehead atoms. The number of hydrogen-bond acceptors (Lipinski definition) is 5. The second kappa shape index (κ2) is 11.2. The molecule has 0 unspecified atom stereocenters. The number of halogens is 2. The molecule has 2 heterocycles. The maximum absolute atomic E-state index is 13.0. The lowest BCUT2D eigenvalue weighted by molar-refractivity contribution is -0.138. The molecule has 0 fully saturated rings. The van der Waals surface area contributed by atoms with Crippen LogP contribution in [0.5, 0.6) is 0 Å². The first-order valence-corrected chi connectivity index (χ1v) is 11.4. The lowest BCUT2D eigenvalue weighted by Gasteiger charge is -2.21. The van der Waals surface area contributed by atoms with E-state index in [1.54, 1.807) is 53.2 Å². The van der Waals surface area contributed by atoms with Gasteiger partial charge in [0.1, 0.15) is 18.9 Å². The molecule has 2 aromatic carbocycles. The van der Waals surface area contributed by atoms with Crippen LogP contribution in [0.1, 0.15) is 5.76 Å². The summed E-state index contributed by atoms with van der Waals surface area (Å²) in [6.45, 7) is -0.255. The number of furan rings is 1. The molecular weight excluding hydrogens is 491 g/mol. The Labute approximate surface area is 212 Å². The van der Waals surface area contributed by atoms with E-state index in [1.165, 1.54) is 18.3 Å². The lowest BCUT2D eigenvalue weighted by Crippen LogP contribution is -2.39. The predicted octanol–water partition coefficient (Wildman–Crippen LogP) is 5.05. The Morgan fingerprint density at radius 2 is 1.89 bits per heavy atom. The second-order valence-electron chi connectivity index (χ2n) is 7.62. The largest absolute Gasteiger partial charge is 0.467 e. The third-order valence-corrected chi connectivity index (χ3v) is 5.55. The van der Waals surface area contributed by atoms with Crippen LogP contribution in [0.25, 0.3) is 16.9 Å². The molecule has 0 aliphatic rings. The van der Waals surface area contributed by atoms with Crippen molar-refractivity contribution in [1.82, 2.24) is 14.5 Å². The molecule has 2 amide bonds. The van der Waals surface area contributed by atoms with Gasteiger partial charge in [0.2, 0.25) is 17.8 Å². The van der Waals surface area contributed by atoms with Crippen molar-refractivity contribution in [3.05, 3.63) is 88.9 Å². The van der Waals surface area contributed by atoms with Crippen molar-refractivity contribution in [3.63, 3.8) is 0 Å². The Hall–Kier alpha value is -3.59. The summed E-state index contributed by atoms with van der Waals surface area (Å²) in [6, 6.07) is 17.8. The number of imidazole rings is 1. The molecule has 2 aromatic heterocycles. The fraction of sp³-hybridized carbons (Fsp3) is 0.160. The molecule has 180 valence electrons. The molecule has 0 aliphatic heterocycles. The van der Waals surface area contributed by atoms with Gasteiger partial charge in [-0.15, -0.1) is 0 Å². The van der Waals surface area contributed by atoms with E-state index in [9.17, 15) is 9.59 Å². The van der Waals surface area contributed by atoms with Gasteiger partial charge in [0.15, 0.2) is 0 Å². The van der Waals surface area contributed by atoms with Gasteiger partial charge in [0.25, 0.3) is 0 Å². The van der Waals surface area contributed by atoms with Crippen LogP contribution in [0, 0.1) is 0 Å². The zero-order valence-electron chi connectivity index (χ0n) is 18.8. The highest BCUT2D eigenvalue weighted by Crippen LogP contribution is 2.26. The normalized spacial score (nSPS) is 10.8. The minimum Gasteiger partial charge on any atom is -0.467 e. The van der Waals surface area contributed by atoms with E-state index in [0.717, 1.165) is 5.56 Å². The first-order valence-electron chi connectivity index (χ1n) is 10.6. The maximum Gasteiger partial charge on any atom is 0.249 e. The Balaban J connectivity index is 1.61. The predicted molar refractivity (Wildman–Crippen MR) is 134 cm³/mol. The van der Waals surface area contributed by atoms with Gasteiger partial charge in [-0.1, -0.05) is 41.4 Å². The molecule has 0 aliphatic carbocycles. The van der Waals surface area contributed by atoms with Gasteiger partial charge in [-0.2, -0.15) is 0 Å². The topological polar surface area (TPSA) is 89.6 Å². The Morgan fingerprint density at radius 3 is 2.57 bits per heavy atom. The summed E-state index contributed by atoms with van der Waals surface area (Å²) in [5.41, 5.74) is 2.16. The highest BCUT2D eigenvalue weighted by molar-refractivity contribution is 6.31. The fourth-order valence-corrected chi connectivity index (χ4v) is 3.74. The summed E-state index contributed by atoms with van der Waals surface area (Å²) in [4.78, 5) is 31.5. The molecule has 4 rings (SSSR count). The number of aromatic nitrogens is 2. The first-order chi connectivity index (χ1) is 16.9. The highest BCUT2D eigenvalue weighted by Gasteiger charge is 2.21. The average Bonchev–Trinajstić information content (AvgIpc) is 3.49. The first kappa shape index (κ1) is 24.5. The number of carbonyl (C=O) groups is 2. The third kappa shape index (κ3) is 6.30. The Morgan fingerprint density at radius 1 is 1.09 bits per heavy atom. The summed E-state index contributed by atoms with van der Waals surface area (Å²) in [5.74, 6) is 0.0451. The van der Waals surface area contributed by atoms with Crippen LogP contribution >= 0.6 is 23.2 Å². The summed E-state index contributed by atoms with van der Waals surface area (Å²) in [7, 11) is 1.42. The minimum absolute atomic E-state index is 0.126. The quantitative estimate of drug-likeness (QED) is 0.338. The number of nitrogens with zero attached hydrogens (tertiary/aromatic N) is 3. The van der Waals surface area contributed by atoms with Gasteiger partial charge >= 0.3 is 0 Å².